The predicted octanol–water partition coefficient (Wildman–Crippen LogP) is 4.54. The number of hydrogen-bond acceptors (Lipinski definition) is 6. The summed E-state index contributed by atoms with van der Waals surface area (Å²) in [4.78, 5) is 50.7. The fraction of sp³-hybridized carbons (Fsp3) is 0.154. The first-order valence-electron chi connectivity index (χ1n) is 10.5. The van der Waals surface area contributed by atoms with Crippen LogP contribution < -0.4 is 5.32 Å². The number of carbonyl (C=O) groups is 4. The summed E-state index contributed by atoms with van der Waals surface area (Å²) in [6, 6.07) is 19.2. The fourth-order valence-electron chi connectivity index (χ4n) is 3.18. The van der Waals surface area contributed by atoms with Crippen LogP contribution in [0, 0.1) is 13.8 Å². The number of anilines is 1. The van der Waals surface area contributed by atoms with E-state index in [-0.39, 0.29) is 11.1 Å². The van der Waals surface area contributed by atoms with Gasteiger partial charge in [0.15, 0.2) is 0 Å². The van der Waals surface area contributed by atoms with Gasteiger partial charge in [-0.1, -0.05) is 57.4 Å². The van der Waals surface area contributed by atoms with Crippen LogP contribution >= 0.6 is 15.9 Å². The van der Waals surface area contributed by atoms with E-state index in [1.54, 1.807) is 62.4 Å². The van der Waals surface area contributed by atoms with Gasteiger partial charge in [-0.05, 0) is 56.3 Å². The lowest BCUT2D eigenvalue weighted by Crippen LogP contribution is -2.48. The summed E-state index contributed by atoms with van der Waals surface area (Å²) >= 11 is 3.28. The van der Waals surface area contributed by atoms with Crippen LogP contribution in [-0.4, -0.2) is 41.1 Å². The number of aliphatic carboxylic acids is 1. The number of ether oxygens (including phenoxy) is 2. The lowest BCUT2D eigenvalue weighted by atomic mass is 10.1. The van der Waals surface area contributed by atoms with Gasteiger partial charge >= 0.3 is 17.9 Å². The Labute approximate surface area is 210 Å². The molecule has 35 heavy (non-hydrogen) atoms. The van der Waals surface area contributed by atoms with Gasteiger partial charge < -0.3 is 19.9 Å². The monoisotopic (exact) mass is 539 g/mol. The van der Waals surface area contributed by atoms with E-state index in [4.69, 9.17) is 9.47 Å². The minimum absolute atomic E-state index is 0.0902. The zero-order valence-corrected chi connectivity index (χ0v) is 20.4. The highest BCUT2D eigenvalue weighted by molar-refractivity contribution is 9.10. The van der Waals surface area contributed by atoms with Gasteiger partial charge in [-0.3, -0.25) is 4.79 Å². The molecule has 0 aliphatic carbocycles. The second-order valence-electron chi connectivity index (χ2n) is 7.73. The topological polar surface area (TPSA) is 119 Å². The molecule has 2 atom stereocenters. The molecule has 8 nitrogen and oxygen atoms in total. The molecule has 0 saturated carbocycles. The highest BCUT2D eigenvalue weighted by atomic mass is 79.9. The summed E-state index contributed by atoms with van der Waals surface area (Å²) < 4.78 is 11.1. The van der Waals surface area contributed by atoms with Crippen molar-refractivity contribution in [2.45, 2.75) is 26.1 Å². The van der Waals surface area contributed by atoms with E-state index in [1.165, 1.54) is 24.3 Å². The van der Waals surface area contributed by atoms with Crippen molar-refractivity contribution in [1.29, 1.82) is 0 Å². The summed E-state index contributed by atoms with van der Waals surface area (Å²) in [5.74, 6) is -4.56. The normalized spacial score (nSPS) is 12.2. The third-order valence-electron chi connectivity index (χ3n) is 4.84. The highest BCUT2D eigenvalue weighted by Gasteiger charge is 2.41. The molecule has 180 valence electrons. The summed E-state index contributed by atoms with van der Waals surface area (Å²) in [5.41, 5.74) is 2.03. The molecule has 3 aromatic carbocycles. The second-order valence-corrected chi connectivity index (χ2v) is 8.64. The van der Waals surface area contributed by atoms with Crippen LogP contribution in [0.15, 0.2) is 77.3 Å². The van der Waals surface area contributed by atoms with Gasteiger partial charge in [0.2, 0.25) is 12.2 Å². The van der Waals surface area contributed by atoms with Crippen molar-refractivity contribution < 1.29 is 33.8 Å². The molecule has 9 heteroatoms. The molecule has 3 aromatic rings. The van der Waals surface area contributed by atoms with E-state index in [1.807, 2.05) is 0 Å². The van der Waals surface area contributed by atoms with Crippen LogP contribution in [0.25, 0.3) is 0 Å². The van der Waals surface area contributed by atoms with E-state index in [0.717, 1.165) is 11.1 Å². The lowest BCUT2D eigenvalue weighted by molar-refractivity contribution is -0.157. The largest absolute Gasteiger partial charge is 0.478 e. The molecule has 0 spiro atoms. The number of rotatable bonds is 8. The number of aryl methyl sites for hydroxylation is 2. The Bertz CT molecular complexity index is 1270. The fourth-order valence-corrected chi connectivity index (χ4v) is 3.58. The third kappa shape index (κ3) is 7.00. The van der Waals surface area contributed by atoms with Gasteiger partial charge in [0.25, 0.3) is 5.91 Å². The molecule has 0 fully saturated rings. The van der Waals surface area contributed by atoms with E-state index >= 15 is 0 Å². The standard InChI is InChI=1S/C26H22BrNO7/c1-15-6-3-8-17(12-15)25(32)34-21(23(29)28-20-11-5-10-19(27)14-20)22(24(30)31)35-26(33)18-9-4-7-16(2)13-18/h3-14,21-22H,1-2H3,(H,28,29)(H,30,31)/t21-,22+/m0/s1. The van der Waals surface area contributed by atoms with Crippen LogP contribution in [0.5, 0.6) is 0 Å². The molecule has 3 rings (SSSR count). The summed E-state index contributed by atoms with van der Waals surface area (Å²) in [6.07, 6.45) is -4.09. The van der Waals surface area contributed by atoms with Gasteiger partial charge in [0, 0.05) is 10.2 Å². The number of halogens is 1. The molecule has 0 bridgehead atoms. The Balaban J connectivity index is 1.92. The first-order valence-corrected chi connectivity index (χ1v) is 11.3. The maximum absolute atomic E-state index is 13.1. The number of carbonyl (C=O) groups excluding carboxylic acids is 3. The number of benzene rings is 3. The molecule has 0 unspecified atom stereocenters. The van der Waals surface area contributed by atoms with Crippen molar-refractivity contribution >= 4 is 45.4 Å². The van der Waals surface area contributed by atoms with Crippen LogP contribution in [0.1, 0.15) is 31.8 Å². The Morgan fingerprint density at radius 1 is 0.771 bits per heavy atom. The van der Waals surface area contributed by atoms with Crippen molar-refractivity contribution in [3.05, 3.63) is 99.5 Å². The Morgan fingerprint density at radius 2 is 1.29 bits per heavy atom. The first-order chi connectivity index (χ1) is 16.6. The van der Waals surface area contributed by atoms with Gasteiger partial charge in [-0.15, -0.1) is 0 Å². The maximum atomic E-state index is 13.1. The molecule has 0 saturated heterocycles. The van der Waals surface area contributed by atoms with E-state index in [0.29, 0.717) is 10.2 Å². The summed E-state index contributed by atoms with van der Waals surface area (Å²) in [7, 11) is 0. The molecule has 1 amide bonds. The average molecular weight is 540 g/mol. The molecule has 0 radical (unpaired) electrons. The van der Waals surface area contributed by atoms with Gasteiger partial charge in [-0.25, -0.2) is 14.4 Å². The molecule has 0 aliphatic heterocycles. The lowest BCUT2D eigenvalue weighted by Gasteiger charge is -2.23. The third-order valence-corrected chi connectivity index (χ3v) is 5.34. The van der Waals surface area contributed by atoms with Crippen molar-refractivity contribution in [2.24, 2.45) is 0 Å². The van der Waals surface area contributed by atoms with Crippen LogP contribution in [0.4, 0.5) is 5.69 Å². The number of hydrogen-bond donors (Lipinski definition) is 2. The van der Waals surface area contributed by atoms with Gasteiger partial charge in [0.1, 0.15) is 0 Å². The Morgan fingerprint density at radius 3 is 1.77 bits per heavy atom. The number of carboxylic acid groups (broad SMARTS) is 1. The predicted molar refractivity (Wildman–Crippen MR) is 131 cm³/mol. The SMILES string of the molecule is Cc1cccc(C(=O)O[C@H](C(=O)Nc2cccc(Br)c2)[C@@H](OC(=O)c2cccc(C)c2)C(=O)O)c1. The highest BCUT2D eigenvalue weighted by Crippen LogP contribution is 2.19. The van der Waals surface area contributed by atoms with Crippen LogP contribution in [0.2, 0.25) is 0 Å². The minimum Gasteiger partial charge on any atom is -0.478 e. The van der Waals surface area contributed by atoms with Crippen LogP contribution in [-0.2, 0) is 19.1 Å². The Hall–Kier alpha value is -3.98. The molecule has 0 heterocycles. The Kier molecular flexibility index (Phi) is 8.38. The minimum atomic E-state index is -2.11. The van der Waals surface area contributed by atoms with Crippen LogP contribution in [0.3, 0.4) is 0 Å². The first kappa shape index (κ1) is 25.6. The molecular formula is C26H22BrNO7. The summed E-state index contributed by atoms with van der Waals surface area (Å²) in [5, 5.41) is 12.3. The van der Waals surface area contributed by atoms with Crippen molar-refractivity contribution in [2.75, 3.05) is 5.32 Å². The van der Waals surface area contributed by atoms with E-state index in [9.17, 15) is 24.3 Å². The number of carboxylic acids is 1. The zero-order chi connectivity index (χ0) is 25.5. The number of nitrogens with one attached hydrogen (secondary N) is 1. The molecule has 0 aromatic heterocycles. The van der Waals surface area contributed by atoms with E-state index in [2.05, 4.69) is 21.2 Å². The van der Waals surface area contributed by atoms with Crippen molar-refractivity contribution in [3.8, 4) is 0 Å². The average Bonchev–Trinajstić information content (AvgIpc) is 2.80. The maximum Gasteiger partial charge on any atom is 0.349 e. The zero-order valence-electron chi connectivity index (χ0n) is 18.9. The quantitative estimate of drug-likeness (QED) is 0.403. The molecular weight excluding hydrogens is 518 g/mol. The van der Waals surface area contributed by atoms with Crippen molar-refractivity contribution in [1.82, 2.24) is 0 Å². The summed E-state index contributed by atoms with van der Waals surface area (Å²) in [6.45, 7) is 3.52. The molecule has 0 aliphatic rings. The van der Waals surface area contributed by atoms with Crippen molar-refractivity contribution in [3.63, 3.8) is 0 Å². The van der Waals surface area contributed by atoms with Gasteiger partial charge in [-0.2, -0.15) is 0 Å². The number of esters is 2. The second kappa shape index (κ2) is 11.4. The molecule has 2 N–H and O–H groups in total. The smallest absolute Gasteiger partial charge is 0.349 e. The number of amides is 1. The van der Waals surface area contributed by atoms with E-state index < -0.39 is 36.0 Å². The van der Waals surface area contributed by atoms with Gasteiger partial charge in [0.05, 0.1) is 11.1 Å².